The molecule has 1 aromatic carbocycles. The minimum Gasteiger partial charge on any atom is -0.406 e. The van der Waals surface area contributed by atoms with Crippen LogP contribution in [0.15, 0.2) is 35.3 Å². The number of hydrogen-bond acceptors (Lipinski definition) is 1. The molecule has 0 N–H and O–H groups in total. The molecular formula is C13H12BrF3O. The van der Waals surface area contributed by atoms with Gasteiger partial charge in [0.1, 0.15) is 5.75 Å². The average Bonchev–Trinajstić information content (AvgIpc) is 2.28. The van der Waals surface area contributed by atoms with Crippen molar-refractivity contribution in [1.82, 2.24) is 0 Å². The maximum atomic E-state index is 12.1. The molecule has 18 heavy (non-hydrogen) atoms. The maximum absolute atomic E-state index is 12.1. The summed E-state index contributed by atoms with van der Waals surface area (Å²) in [5.74, 6) is -0.249. The van der Waals surface area contributed by atoms with Crippen LogP contribution in [0.3, 0.4) is 0 Å². The van der Waals surface area contributed by atoms with Crippen molar-refractivity contribution in [1.29, 1.82) is 0 Å². The van der Waals surface area contributed by atoms with Gasteiger partial charge in [-0.1, -0.05) is 34.7 Å². The summed E-state index contributed by atoms with van der Waals surface area (Å²) in [5.41, 5.74) is 2.05. The third-order valence-electron chi connectivity index (χ3n) is 2.31. The second kappa shape index (κ2) is 5.61. The Labute approximate surface area is 112 Å². The lowest BCUT2D eigenvalue weighted by molar-refractivity contribution is -0.274. The lowest BCUT2D eigenvalue weighted by Gasteiger charge is -2.13. The SMILES string of the molecule is C=C(C(Br)=CC)c1cc(OC(F)(F)F)ccc1C. The largest absolute Gasteiger partial charge is 0.573 e. The molecule has 0 radical (unpaired) electrons. The monoisotopic (exact) mass is 320 g/mol. The van der Waals surface area contributed by atoms with Crippen LogP contribution < -0.4 is 4.74 Å². The van der Waals surface area contributed by atoms with E-state index in [-0.39, 0.29) is 5.75 Å². The van der Waals surface area contributed by atoms with Gasteiger partial charge in [0.15, 0.2) is 0 Å². The second-order valence-corrected chi connectivity index (χ2v) is 4.49. The van der Waals surface area contributed by atoms with Crippen LogP contribution in [0.25, 0.3) is 5.57 Å². The van der Waals surface area contributed by atoms with E-state index in [9.17, 15) is 13.2 Å². The molecule has 0 fully saturated rings. The summed E-state index contributed by atoms with van der Waals surface area (Å²) in [4.78, 5) is 0. The van der Waals surface area contributed by atoms with Gasteiger partial charge < -0.3 is 4.74 Å². The first-order valence-electron chi connectivity index (χ1n) is 5.12. The van der Waals surface area contributed by atoms with Crippen LogP contribution in [0.5, 0.6) is 5.75 Å². The van der Waals surface area contributed by atoms with Gasteiger partial charge in [-0.25, -0.2) is 0 Å². The van der Waals surface area contributed by atoms with Gasteiger partial charge in [0.25, 0.3) is 0 Å². The van der Waals surface area contributed by atoms with Crippen LogP contribution in [0, 0.1) is 6.92 Å². The van der Waals surface area contributed by atoms with Crippen molar-refractivity contribution < 1.29 is 17.9 Å². The van der Waals surface area contributed by atoms with Gasteiger partial charge in [-0.2, -0.15) is 0 Å². The molecule has 1 aromatic rings. The van der Waals surface area contributed by atoms with Crippen LogP contribution >= 0.6 is 15.9 Å². The summed E-state index contributed by atoms with van der Waals surface area (Å²) >= 11 is 3.30. The molecule has 0 heterocycles. The molecule has 0 bridgehead atoms. The number of halogens is 4. The van der Waals surface area contributed by atoms with E-state index in [4.69, 9.17) is 0 Å². The zero-order valence-corrected chi connectivity index (χ0v) is 11.5. The molecule has 0 aromatic heterocycles. The van der Waals surface area contributed by atoms with Crippen molar-refractivity contribution in [3.63, 3.8) is 0 Å². The molecule has 0 saturated carbocycles. The van der Waals surface area contributed by atoms with Gasteiger partial charge in [-0.3, -0.25) is 0 Å². The van der Waals surface area contributed by atoms with E-state index >= 15 is 0 Å². The molecule has 0 aliphatic carbocycles. The minimum absolute atomic E-state index is 0.249. The van der Waals surface area contributed by atoms with E-state index in [1.807, 2.05) is 0 Å². The molecule has 1 rings (SSSR count). The summed E-state index contributed by atoms with van der Waals surface area (Å²) in [7, 11) is 0. The van der Waals surface area contributed by atoms with E-state index in [1.54, 1.807) is 26.0 Å². The number of aryl methyl sites for hydroxylation is 1. The standard InChI is InChI=1S/C13H12BrF3O/c1-4-12(14)9(3)11-7-10(6-5-8(11)2)18-13(15,16)17/h4-7H,3H2,1-2H3. The highest BCUT2D eigenvalue weighted by Crippen LogP contribution is 2.32. The second-order valence-electron chi connectivity index (χ2n) is 3.64. The molecular weight excluding hydrogens is 309 g/mol. The summed E-state index contributed by atoms with van der Waals surface area (Å²) in [5, 5.41) is 0. The van der Waals surface area contributed by atoms with Gasteiger partial charge in [0, 0.05) is 4.48 Å². The van der Waals surface area contributed by atoms with E-state index < -0.39 is 6.36 Å². The predicted molar refractivity (Wildman–Crippen MR) is 69.6 cm³/mol. The Hall–Kier alpha value is -1.23. The Morgan fingerprint density at radius 3 is 2.50 bits per heavy atom. The Balaban J connectivity index is 3.13. The number of rotatable bonds is 3. The molecule has 0 unspecified atom stereocenters. The Morgan fingerprint density at radius 2 is 2.00 bits per heavy atom. The van der Waals surface area contributed by atoms with E-state index in [1.165, 1.54) is 12.1 Å². The van der Waals surface area contributed by atoms with Crippen molar-refractivity contribution in [2.75, 3.05) is 0 Å². The average molecular weight is 321 g/mol. The summed E-state index contributed by atoms with van der Waals surface area (Å²) < 4.78 is 41.0. The highest BCUT2D eigenvalue weighted by molar-refractivity contribution is 9.12. The van der Waals surface area contributed by atoms with Crippen LogP contribution in [-0.2, 0) is 0 Å². The Bertz CT molecular complexity index is 489. The van der Waals surface area contributed by atoms with Crippen LogP contribution in [0.1, 0.15) is 18.1 Å². The molecule has 98 valence electrons. The highest BCUT2D eigenvalue weighted by Gasteiger charge is 2.31. The Kier molecular flexibility index (Phi) is 4.62. The first kappa shape index (κ1) is 14.8. The van der Waals surface area contributed by atoms with Crippen LogP contribution in [0.4, 0.5) is 13.2 Å². The van der Waals surface area contributed by atoms with Crippen molar-refractivity contribution in [3.8, 4) is 5.75 Å². The van der Waals surface area contributed by atoms with Crippen LogP contribution in [-0.4, -0.2) is 6.36 Å². The van der Waals surface area contributed by atoms with Crippen molar-refractivity contribution in [3.05, 3.63) is 46.5 Å². The summed E-state index contributed by atoms with van der Waals surface area (Å²) in [6, 6.07) is 4.18. The zero-order chi connectivity index (χ0) is 13.9. The highest BCUT2D eigenvalue weighted by atomic mass is 79.9. The van der Waals surface area contributed by atoms with Gasteiger partial charge >= 0.3 is 6.36 Å². The number of alkyl halides is 3. The number of hydrogen-bond donors (Lipinski definition) is 0. The maximum Gasteiger partial charge on any atom is 0.573 e. The molecule has 0 aliphatic rings. The van der Waals surface area contributed by atoms with Gasteiger partial charge in [0.05, 0.1) is 0 Å². The normalized spacial score (nSPS) is 12.4. The molecule has 5 heteroatoms. The lowest BCUT2D eigenvalue weighted by atomic mass is 10.0. The number of allylic oxidation sites excluding steroid dienone is 3. The van der Waals surface area contributed by atoms with Gasteiger partial charge in [-0.05, 0) is 42.7 Å². The van der Waals surface area contributed by atoms with E-state index in [2.05, 4.69) is 27.2 Å². The van der Waals surface area contributed by atoms with Crippen molar-refractivity contribution in [2.45, 2.75) is 20.2 Å². The molecule has 0 saturated heterocycles. The van der Waals surface area contributed by atoms with Gasteiger partial charge in [0.2, 0.25) is 0 Å². The molecule has 0 atom stereocenters. The van der Waals surface area contributed by atoms with E-state index in [0.717, 1.165) is 10.0 Å². The van der Waals surface area contributed by atoms with Crippen molar-refractivity contribution in [2.24, 2.45) is 0 Å². The first-order chi connectivity index (χ1) is 8.24. The fourth-order valence-electron chi connectivity index (χ4n) is 1.43. The lowest BCUT2D eigenvalue weighted by Crippen LogP contribution is -2.17. The molecule has 1 nitrogen and oxygen atoms in total. The molecule has 0 spiro atoms. The molecule has 0 amide bonds. The smallest absolute Gasteiger partial charge is 0.406 e. The molecule has 0 aliphatic heterocycles. The van der Waals surface area contributed by atoms with Gasteiger partial charge in [-0.15, -0.1) is 13.2 Å². The number of ether oxygens (including phenoxy) is 1. The fourth-order valence-corrected chi connectivity index (χ4v) is 1.64. The van der Waals surface area contributed by atoms with Crippen LogP contribution in [0.2, 0.25) is 0 Å². The zero-order valence-electron chi connectivity index (χ0n) is 9.94. The first-order valence-corrected chi connectivity index (χ1v) is 5.91. The third-order valence-corrected chi connectivity index (χ3v) is 3.25. The van der Waals surface area contributed by atoms with Crippen molar-refractivity contribution >= 4 is 21.5 Å². The Morgan fingerprint density at radius 1 is 1.39 bits per heavy atom. The predicted octanol–water partition coefficient (Wildman–Crippen LogP) is 5.21. The van der Waals surface area contributed by atoms with E-state index in [0.29, 0.717) is 11.1 Å². The topological polar surface area (TPSA) is 9.23 Å². The fraction of sp³-hybridized carbons (Fsp3) is 0.231. The quantitative estimate of drug-likeness (QED) is 0.695. The minimum atomic E-state index is -4.69. The number of benzene rings is 1. The summed E-state index contributed by atoms with van der Waals surface area (Å²) in [6.07, 6.45) is -2.91. The third kappa shape index (κ3) is 3.91. The summed E-state index contributed by atoms with van der Waals surface area (Å²) in [6.45, 7) is 7.45.